The van der Waals surface area contributed by atoms with Crippen molar-refractivity contribution >= 4 is 50.9 Å². The van der Waals surface area contributed by atoms with E-state index in [1.54, 1.807) is 57.2 Å². The number of rotatable bonds is 7. The minimum atomic E-state index is -0.797. The Morgan fingerprint density at radius 1 is 1.34 bits per heavy atom. The zero-order valence-corrected chi connectivity index (χ0v) is 24.2. The fourth-order valence-corrected chi connectivity index (χ4v) is 5.94. The topological polar surface area (TPSA) is 79.1 Å². The SMILES string of the molecule is C#CCOc1c(Br)cc(C=c2sc3n(c2=O)C(c2ccccc2Cl)C(C(=O)OC(C)C)=C(C)N=3)cc1OC. The average molecular weight is 616 g/mol. The summed E-state index contributed by atoms with van der Waals surface area (Å²) in [6.07, 6.45) is 6.70. The summed E-state index contributed by atoms with van der Waals surface area (Å²) in [5.41, 5.74) is 1.71. The van der Waals surface area contributed by atoms with Crippen LogP contribution >= 0.6 is 38.9 Å². The highest BCUT2D eigenvalue weighted by Crippen LogP contribution is 2.37. The van der Waals surface area contributed by atoms with Crippen molar-refractivity contribution in [1.29, 1.82) is 0 Å². The number of fused-ring (bicyclic) bond motifs is 1. The van der Waals surface area contributed by atoms with E-state index < -0.39 is 12.0 Å². The monoisotopic (exact) mass is 614 g/mol. The van der Waals surface area contributed by atoms with Gasteiger partial charge in [-0.2, -0.15) is 0 Å². The first kappa shape index (κ1) is 27.7. The number of terminal acetylenes is 1. The van der Waals surface area contributed by atoms with Crippen LogP contribution in [0.5, 0.6) is 11.5 Å². The zero-order chi connectivity index (χ0) is 27.6. The lowest BCUT2D eigenvalue weighted by atomic mass is 9.96. The van der Waals surface area contributed by atoms with E-state index in [-0.39, 0.29) is 23.8 Å². The number of ether oxygens (including phenoxy) is 3. The number of carbonyl (C=O) groups is 1. The molecule has 7 nitrogen and oxygen atoms in total. The molecular formula is C28H24BrClN2O5S. The molecule has 0 saturated heterocycles. The van der Waals surface area contributed by atoms with Crippen LogP contribution in [-0.4, -0.2) is 30.4 Å². The predicted molar refractivity (Wildman–Crippen MR) is 151 cm³/mol. The maximum atomic E-state index is 13.8. The lowest BCUT2D eigenvalue weighted by molar-refractivity contribution is -0.143. The number of allylic oxidation sites excluding steroid dienone is 1. The van der Waals surface area contributed by atoms with Gasteiger partial charge in [0.1, 0.15) is 12.6 Å². The molecule has 1 unspecified atom stereocenters. The number of esters is 1. The van der Waals surface area contributed by atoms with Gasteiger partial charge in [-0.25, -0.2) is 9.79 Å². The van der Waals surface area contributed by atoms with Crippen LogP contribution in [0, 0.1) is 12.3 Å². The molecule has 1 aromatic heterocycles. The Balaban J connectivity index is 1.92. The van der Waals surface area contributed by atoms with Crippen LogP contribution in [0.3, 0.4) is 0 Å². The molecule has 0 fully saturated rings. The summed E-state index contributed by atoms with van der Waals surface area (Å²) >= 11 is 11.3. The number of carbonyl (C=O) groups excluding carboxylic acids is 1. The number of aromatic nitrogens is 1. The number of nitrogens with zero attached hydrogens (tertiary/aromatic N) is 2. The summed E-state index contributed by atoms with van der Waals surface area (Å²) in [7, 11) is 1.52. The molecule has 2 aromatic carbocycles. The quantitative estimate of drug-likeness (QED) is 0.286. The Kier molecular flexibility index (Phi) is 8.46. The normalized spacial score (nSPS) is 15.1. The van der Waals surface area contributed by atoms with Crippen molar-refractivity contribution in [3.63, 3.8) is 0 Å². The number of thiazole rings is 1. The molecule has 0 N–H and O–H groups in total. The molecule has 0 radical (unpaired) electrons. The molecule has 1 atom stereocenters. The molecule has 0 saturated carbocycles. The Labute approximate surface area is 237 Å². The minimum absolute atomic E-state index is 0.0792. The van der Waals surface area contributed by atoms with Crippen molar-refractivity contribution in [3.05, 3.63) is 88.0 Å². The lowest BCUT2D eigenvalue weighted by Gasteiger charge is -2.26. The molecular weight excluding hydrogens is 592 g/mol. The van der Waals surface area contributed by atoms with Crippen LogP contribution < -0.4 is 24.4 Å². The Morgan fingerprint density at radius 3 is 2.74 bits per heavy atom. The van der Waals surface area contributed by atoms with Crippen LogP contribution in [0.2, 0.25) is 5.02 Å². The lowest BCUT2D eigenvalue weighted by Crippen LogP contribution is -2.40. The standard InChI is InChI=1S/C28H24BrClN2O5S/c1-6-11-36-25-19(29)12-17(13-21(25)35-5)14-22-26(33)32-24(18-9-7-8-10-20(18)30)23(27(34)37-15(2)3)16(4)31-28(32)38-22/h1,7-10,12-15,24H,11H2,2-5H3. The van der Waals surface area contributed by atoms with Gasteiger partial charge >= 0.3 is 5.97 Å². The minimum Gasteiger partial charge on any atom is -0.493 e. The number of benzene rings is 2. The van der Waals surface area contributed by atoms with Crippen molar-refractivity contribution in [2.24, 2.45) is 4.99 Å². The summed E-state index contributed by atoms with van der Waals surface area (Å²) in [6.45, 7) is 5.34. The van der Waals surface area contributed by atoms with Gasteiger partial charge < -0.3 is 14.2 Å². The molecule has 10 heteroatoms. The molecule has 2 heterocycles. The smallest absolute Gasteiger partial charge is 0.338 e. The first-order valence-electron chi connectivity index (χ1n) is 11.6. The molecule has 196 valence electrons. The summed E-state index contributed by atoms with van der Waals surface area (Å²) in [6, 6.07) is 9.87. The van der Waals surface area contributed by atoms with E-state index >= 15 is 0 Å². The second-order valence-corrected chi connectivity index (χ2v) is 10.9. The van der Waals surface area contributed by atoms with Gasteiger partial charge in [0.25, 0.3) is 5.56 Å². The maximum Gasteiger partial charge on any atom is 0.338 e. The number of halogens is 2. The van der Waals surface area contributed by atoms with Crippen LogP contribution in [0.4, 0.5) is 0 Å². The third-order valence-electron chi connectivity index (χ3n) is 5.63. The van der Waals surface area contributed by atoms with Gasteiger partial charge in [0.2, 0.25) is 0 Å². The highest BCUT2D eigenvalue weighted by atomic mass is 79.9. The molecule has 0 amide bonds. The maximum absolute atomic E-state index is 13.8. The van der Waals surface area contributed by atoms with E-state index in [0.29, 0.717) is 47.2 Å². The third-order valence-corrected chi connectivity index (χ3v) is 7.55. The van der Waals surface area contributed by atoms with Crippen LogP contribution in [-0.2, 0) is 9.53 Å². The number of hydrogen-bond acceptors (Lipinski definition) is 7. The van der Waals surface area contributed by atoms with Crippen molar-refractivity contribution in [2.45, 2.75) is 32.9 Å². The number of methoxy groups -OCH3 is 1. The summed E-state index contributed by atoms with van der Waals surface area (Å²) in [5.74, 6) is 2.80. The van der Waals surface area contributed by atoms with E-state index in [2.05, 4.69) is 26.8 Å². The van der Waals surface area contributed by atoms with Crippen molar-refractivity contribution in [3.8, 4) is 23.8 Å². The van der Waals surface area contributed by atoms with Gasteiger partial charge in [0, 0.05) is 5.02 Å². The van der Waals surface area contributed by atoms with Gasteiger partial charge in [-0.05, 0) is 72.1 Å². The van der Waals surface area contributed by atoms with Crippen LogP contribution in [0.25, 0.3) is 6.08 Å². The van der Waals surface area contributed by atoms with E-state index in [1.807, 2.05) is 6.07 Å². The second kappa shape index (κ2) is 11.6. The second-order valence-electron chi connectivity index (χ2n) is 8.58. The van der Waals surface area contributed by atoms with Gasteiger partial charge in [-0.15, -0.1) is 6.42 Å². The fourth-order valence-electron chi connectivity index (χ4n) is 4.08. The van der Waals surface area contributed by atoms with Crippen molar-refractivity contribution in [2.75, 3.05) is 13.7 Å². The highest BCUT2D eigenvalue weighted by molar-refractivity contribution is 9.10. The van der Waals surface area contributed by atoms with Gasteiger partial charge in [0.05, 0.1) is 33.5 Å². The molecule has 1 aliphatic heterocycles. The fraction of sp³-hybridized carbons (Fsp3) is 0.250. The molecule has 0 spiro atoms. The number of hydrogen-bond donors (Lipinski definition) is 0. The van der Waals surface area contributed by atoms with E-state index in [0.717, 1.165) is 0 Å². The largest absolute Gasteiger partial charge is 0.493 e. The molecule has 1 aliphatic rings. The van der Waals surface area contributed by atoms with E-state index in [4.69, 9.17) is 32.2 Å². The third kappa shape index (κ3) is 5.44. The van der Waals surface area contributed by atoms with Gasteiger partial charge in [-0.3, -0.25) is 9.36 Å². The first-order valence-corrected chi connectivity index (χ1v) is 13.6. The highest BCUT2D eigenvalue weighted by Gasteiger charge is 2.34. The molecule has 38 heavy (non-hydrogen) atoms. The average Bonchev–Trinajstić information content (AvgIpc) is 3.16. The van der Waals surface area contributed by atoms with E-state index in [9.17, 15) is 9.59 Å². The van der Waals surface area contributed by atoms with Crippen LogP contribution in [0.1, 0.15) is 37.9 Å². The Morgan fingerprint density at radius 2 is 2.08 bits per heavy atom. The first-order chi connectivity index (χ1) is 18.2. The Bertz CT molecular complexity index is 1670. The zero-order valence-electron chi connectivity index (χ0n) is 21.1. The van der Waals surface area contributed by atoms with E-state index in [1.165, 1.54) is 23.0 Å². The summed E-state index contributed by atoms with van der Waals surface area (Å²) in [5, 5.41) is 0.424. The van der Waals surface area contributed by atoms with Gasteiger partial charge in [-0.1, -0.05) is 47.1 Å². The molecule has 3 aromatic rings. The Hall–Kier alpha value is -3.32. The van der Waals surface area contributed by atoms with Gasteiger partial charge in [0.15, 0.2) is 16.3 Å². The van der Waals surface area contributed by atoms with Crippen molar-refractivity contribution < 1.29 is 19.0 Å². The van der Waals surface area contributed by atoms with Crippen LogP contribution in [0.15, 0.2) is 61.9 Å². The van der Waals surface area contributed by atoms with Crippen molar-refractivity contribution in [1.82, 2.24) is 4.57 Å². The molecule has 0 bridgehead atoms. The predicted octanol–water partition coefficient (Wildman–Crippen LogP) is 4.62. The molecule has 4 rings (SSSR count). The summed E-state index contributed by atoms with van der Waals surface area (Å²) < 4.78 is 19.1. The summed E-state index contributed by atoms with van der Waals surface area (Å²) in [4.78, 5) is 32.1. The molecule has 0 aliphatic carbocycles.